The predicted octanol–water partition coefficient (Wildman–Crippen LogP) is 3.68. The van der Waals surface area contributed by atoms with Crippen LogP contribution >= 0.6 is 0 Å². The average molecular weight is 276 g/mol. The van der Waals surface area contributed by atoms with Gasteiger partial charge in [-0.3, -0.25) is 4.98 Å². The van der Waals surface area contributed by atoms with Gasteiger partial charge in [-0.25, -0.2) is 8.78 Å². The van der Waals surface area contributed by atoms with Crippen molar-refractivity contribution in [3.63, 3.8) is 0 Å². The minimum atomic E-state index is -0.584. The second-order valence-electron chi connectivity index (χ2n) is 4.84. The Bertz CT molecular complexity index is 611. The zero-order valence-electron chi connectivity index (χ0n) is 11.9. The molecule has 0 amide bonds. The number of aryl methyl sites for hydroxylation is 2. The van der Waals surface area contributed by atoms with Crippen molar-refractivity contribution in [1.29, 1.82) is 0 Å². The van der Waals surface area contributed by atoms with Crippen LogP contribution in [0.4, 0.5) is 8.78 Å². The molecular weight excluding hydrogens is 258 g/mol. The third-order valence-electron chi connectivity index (χ3n) is 3.25. The highest BCUT2D eigenvalue weighted by atomic mass is 19.1. The standard InChI is InChI=1S/C16H18F2N2/c1-4-19-16(13-9-10(2)7-8-20-13)14-12(17)6-5-11(3)15(14)18/h5-9,16,19H,4H2,1-3H3. The molecule has 1 unspecified atom stereocenters. The molecule has 0 saturated heterocycles. The minimum absolute atomic E-state index is 0.0324. The van der Waals surface area contributed by atoms with Crippen LogP contribution in [-0.2, 0) is 0 Å². The lowest BCUT2D eigenvalue weighted by atomic mass is 9.98. The molecule has 0 radical (unpaired) electrons. The predicted molar refractivity (Wildman–Crippen MR) is 75.6 cm³/mol. The van der Waals surface area contributed by atoms with Crippen molar-refractivity contribution in [1.82, 2.24) is 10.3 Å². The molecule has 1 aromatic carbocycles. The zero-order chi connectivity index (χ0) is 14.7. The van der Waals surface area contributed by atoms with Gasteiger partial charge in [0.25, 0.3) is 0 Å². The minimum Gasteiger partial charge on any atom is -0.305 e. The van der Waals surface area contributed by atoms with Crippen LogP contribution in [0.5, 0.6) is 0 Å². The SMILES string of the molecule is CCNC(c1cc(C)ccn1)c1c(F)ccc(C)c1F. The second kappa shape index (κ2) is 6.09. The van der Waals surface area contributed by atoms with Crippen LogP contribution in [0, 0.1) is 25.5 Å². The molecule has 20 heavy (non-hydrogen) atoms. The summed E-state index contributed by atoms with van der Waals surface area (Å²) in [6, 6.07) is 5.86. The van der Waals surface area contributed by atoms with Crippen molar-refractivity contribution < 1.29 is 8.78 Å². The molecule has 1 aromatic heterocycles. The first-order chi connectivity index (χ1) is 9.54. The first-order valence-corrected chi connectivity index (χ1v) is 6.65. The van der Waals surface area contributed by atoms with E-state index in [-0.39, 0.29) is 5.56 Å². The molecule has 0 bridgehead atoms. The van der Waals surface area contributed by atoms with Gasteiger partial charge in [-0.15, -0.1) is 0 Å². The molecule has 0 saturated carbocycles. The number of aromatic nitrogens is 1. The fraction of sp³-hybridized carbons (Fsp3) is 0.312. The van der Waals surface area contributed by atoms with Gasteiger partial charge in [0.15, 0.2) is 0 Å². The number of pyridine rings is 1. The van der Waals surface area contributed by atoms with E-state index in [1.807, 2.05) is 26.0 Å². The van der Waals surface area contributed by atoms with Crippen molar-refractivity contribution >= 4 is 0 Å². The molecule has 0 aliphatic rings. The van der Waals surface area contributed by atoms with E-state index in [4.69, 9.17) is 0 Å². The smallest absolute Gasteiger partial charge is 0.134 e. The number of hydrogen-bond acceptors (Lipinski definition) is 2. The summed E-state index contributed by atoms with van der Waals surface area (Å²) in [5.74, 6) is -1.07. The van der Waals surface area contributed by atoms with E-state index in [9.17, 15) is 8.78 Å². The van der Waals surface area contributed by atoms with Crippen molar-refractivity contribution in [2.24, 2.45) is 0 Å². The van der Waals surface area contributed by atoms with Gasteiger partial charge in [-0.1, -0.05) is 13.0 Å². The average Bonchev–Trinajstić information content (AvgIpc) is 2.42. The lowest BCUT2D eigenvalue weighted by Crippen LogP contribution is -2.25. The normalized spacial score (nSPS) is 12.4. The van der Waals surface area contributed by atoms with Crippen LogP contribution in [0.3, 0.4) is 0 Å². The first kappa shape index (κ1) is 14.6. The summed E-state index contributed by atoms with van der Waals surface area (Å²) in [5.41, 5.74) is 2.09. The lowest BCUT2D eigenvalue weighted by Gasteiger charge is -2.20. The number of halogens is 2. The topological polar surface area (TPSA) is 24.9 Å². The monoisotopic (exact) mass is 276 g/mol. The van der Waals surface area contributed by atoms with Crippen molar-refractivity contribution in [2.75, 3.05) is 6.54 Å². The molecule has 0 aliphatic carbocycles. The fourth-order valence-corrected chi connectivity index (χ4v) is 2.22. The second-order valence-corrected chi connectivity index (χ2v) is 4.84. The van der Waals surface area contributed by atoms with E-state index in [1.54, 1.807) is 13.1 Å². The summed E-state index contributed by atoms with van der Waals surface area (Å²) in [7, 11) is 0. The summed E-state index contributed by atoms with van der Waals surface area (Å²) in [6.07, 6.45) is 1.65. The Balaban J connectivity index is 2.57. The van der Waals surface area contributed by atoms with E-state index in [2.05, 4.69) is 10.3 Å². The van der Waals surface area contributed by atoms with Gasteiger partial charge in [0.2, 0.25) is 0 Å². The molecule has 0 fully saturated rings. The van der Waals surface area contributed by atoms with Crippen LogP contribution in [0.1, 0.15) is 35.3 Å². The third-order valence-corrected chi connectivity index (χ3v) is 3.25. The summed E-state index contributed by atoms with van der Waals surface area (Å²) in [4.78, 5) is 4.25. The molecule has 2 aromatic rings. The molecule has 1 heterocycles. The van der Waals surface area contributed by atoms with Crippen LogP contribution < -0.4 is 5.32 Å². The first-order valence-electron chi connectivity index (χ1n) is 6.65. The highest BCUT2D eigenvalue weighted by Crippen LogP contribution is 2.27. The Labute approximate surface area is 117 Å². The number of nitrogens with one attached hydrogen (secondary N) is 1. The van der Waals surface area contributed by atoms with Gasteiger partial charge in [0.1, 0.15) is 11.6 Å². The molecule has 4 heteroatoms. The quantitative estimate of drug-likeness (QED) is 0.921. The van der Waals surface area contributed by atoms with E-state index in [0.29, 0.717) is 17.8 Å². The van der Waals surface area contributed by atoms with E-state index < -0.39 is 17.7 Å². The molecule has 2 rings (SSSR count). The Kier molecular flexibility index (Phi) is 4.45. The van der Waals surface area contributed by atoms with Crippen molar-refractivity contribution in [3.05, 3.63) is 64.5 Å². The van der Waals surface area contributed by atoms with Crippen LogP contribution in [0.25, 0.3) is 0 Å². The van der Waals surface area contributed by atoms with E-state index in [0.717, 1.165) is 5.56 Å². The van der Waals surface area contributed by atoms with Crippen LogP contribution in [-0.4, -0.2) is 11.5 Å². The number of nitrogens with zero attached hydrogens (tertiary/aromatic N) is 1. The lowest BCUT2D eigenvalue weighted by molar-refractivity contribution is 0.501. The molecule has 106 valence electrons. The van der Waals surface area contributed by atoms with Crippen LogP contribution in [0.15, 0.2) is 30.5 Å². The molecule has 1 atom stereocenters. The number of rotatable bonds is 4. The maximum Gasteiger partial charge on any atom is 0.134 e. The Morgan fingerprint density at radius 1 is 1.20 bits per heavy atom. The maximum absolute atomic E-state index is 14.3. The van der Waals surface area contributed by atoms with Gasteiger partial charge < -0.3 is 5.32 Å². The zero-order valence-corrected chi connectivity index (χ0v) is 11.9. The maximum atomic E-state index is 14.3. The van der Waals surface area contributed by atoms with Crippen molar-refractivity contribution in [2.45, 2.75) is 26.8 Å². The van der Waals surface area contributed by atoms with Crippen molar-refractivity contribution in [3.8, 4) is 0 Å². The summed E-state index contributed by atoms with van der Waals surface area (Å²) < 4.78 is 28.4. The molecule has 2 nitrogen and oxygen atoms in total. The highest BCUT2D eigenvalue weighted by Gasteiger charge is 2.23. The van der Waals surface area contributed by atoms with Gasteiger partial charge in [-0.2, -0.15) is 0 Å². The van der Waals surface area contributed by atoms with Gasteiger partial charge in [0.05, 0.1) is 11.7 Å². The Morgan fingerprint density at radius 2 is 1.95 bits per heavy atom. The Hall–Kier alpha value is -1.81. The van der Waals surface area contributed by atoms with E-state index in [1.165, 1.54) is 12.1 Å². The third kappa shape index (κ3) is 2.85. The largest absolute Gasteiger partial charge is 0.305 e. The number of benzene rings is 1. The van der Waals surface area contributed by atoms with Gasteiger partial charge in [-0.05, 0) is 49.7 Å². The summed E-state index contributed by atoms with van der Waals surface area (Å²) in [6.45, 7) is 6.05. The molecule has 0 aliphatic heterocycles. The highest BCUT2D eigenvalue weighted by molar-refractivity contribution is 5.35. The number of hydrogen-bond donors (Lipinski definition) is 1. The molecular formula is C16H18F2N2. The Morgan fingerprint density at radius 3 is 2.60 bits per heavy atom. The van der Waals surface area contributed by atoms with E-state index >= 15 is 0 Å². The molecule has 1 N–H and O–H groups in total. The molecule has 0 spiro atoms. The summed E-state index contributed by atoms with van der Waals surface area (Å²) >= 11 is 0. The summed E-state index contributed by atoms with van der Waals surface area (Å²) in [5, 5.41) is 3.11. The fourth-order valence-electron chi connectivity index (χ4n) is 2.22. The van der Waals surface area contributed by atoms with Gasteiger partial charge in [0, 0.05) is 11.8 Å². The van der Waals surface area contributed by atoms with Crippen LogP contribution in [0.2, 0.25) is 0 Å². The van der Waals surface area contributed by atoms with Gasteiger partial charge >= 0.3 is 0 Å².